The molecule has 0 fully saturated rings. The largest absolute Gasteiger partial charge is 0.495 e. The molecule has 3 aromatic rings. The average molecular weight is 434 g/mol. The van der Waals surface area contributed by atoms with E-state index in [1.807, 2.05) is 12.1 Å². The van der Waals surface area contributed by atoms with E-state index in [1.54, 1.807) is 55.8 Å². The summed E-state index contributed by atoms with van der Waals surface area (Å²) in [4.78, 5) is 16.8. The first kappa shape index (κ1) is 20.2. The fraction of sp³-hybridized carbons (Fsp3) is 0.0476. The lowest BCUT2D eigenvalue weighted by Crippen LogP contribution is -2.12. The number of carbonyl (C=O) groups is 1. The van der Waals surface area contributed by atoms with Crippen LogP contribution in [0.3, 0.4) is 0 Å². The summed E-state index contributed by atoms with van der Waals surface area (Å²) in [6.07, 6.45) is 1.68. The van der Waals surface area contributed by atoms with Gasteiger partial charge in [-0.25, -0.2) is 0 Å². The van der Waals surface area contributed by atoms with Gasteiger partial charge in [-0.05, 0) is 54.1 Å². The van der Waals surface area contributed by atoms with Crippen LogP contribution in [-0.2, 0) is 0 Å². The Kier molecular flexibility index (Phi) is 6.57. The van der Waals surface area contributed by atoms with Crippen LogP contribution in [0.25, 0.3) is 0 Å². The number of anilines is 1. The van der Waals surface area contributed by atoms with Crippen LogP contribution in [0.2, 0.25) is 15.1 Å². The molecule has 142 valence electrons. The summed E-state index contributed by atoms with van der Waals surface area (Å²) in [5.74, 6) is 0.267. The Morgan fingerprint density at radius 2 is 1.82 bits per heavy atom. The topological polar surface area (TPSA) is 50.7 Å². The van der Waals surface area contributed by atoms with Gasteiger partial charge in [0.1, 0.15) is 5.75 Å². The molecule has 0 aliphatic rings. The molecular weight excluding hydrogens is 419 g/mol. The highest BCUT2D eigenvalue weighted by Gasteiger charge is 2.11. The Morgan fingerprint density at radius 3 is 2.54 bits per heavy atom. The van der Waals surface area contributed by atoms with Crippen molar-refractivity contribution in [1.82, 2.24) is 0 Å². The number of rotatable bonds is 5. The van der Waals surface area contributed by atoms with E-state index in [0.717, 1.165) is 5.56 Å². The molecule has 1 N–H and O–H groups in total. The summed E-state index contributed by atoms with van der Waals surface area (Å²) in [7, 11) is 1.56. The molecule has 28 heavy (non-hydrogen) atoms. The Morgan fingerprint density at radius 1 is 1.00 bits per heavy atom. The van der Waals surface area contributed by atoms with Crippen molar-refractivity contribution in [2.75, 3.05) is 12.4 Å². The Balaban J connectivity index is 1.75. The molecule has 0 unspecified atom stereocenters. The van der Waals surface area contributed by atoms with Crippen molar-refractivity contribution >= 4 is 58.3 Å². The number of amides is 1. The maximum absolute atomic E-state index is 12.4. The molecule has 0 heterocycles. The molecule has 1 amide bonds. The van der Waals surface area contributed by atoms with Gasteiger partial charge in [-0.3, -0.25) is 9.79 Å². The maximum atomic E-state index is 12.4. The van der Waals surface area contributed by atoms with Crippen LogP contribution in [0, 0.1) is 0 Å². The van der Waals surface area contributed by atoms with E-state index in [-0.39, 0.29) is 5.91 Å². The standard InChI is InChI=1S/C21H15Cl3N2O2/c1-28-20-8-6-15(11-19(20)24)25-12-13-3-2-4-16(9-13)26-21(27)17-7-5-14(22)10-18(17)23/h2-12H,1H3,(H,26,27). The summed E-state index contributed by atoms with van der Waals surface area (Å²) in [6, 6.07) is 17.3. The zero-order valence-corrected chi connectivity index (χ0v) is 17.0. The van der Waals surface area contributed by atoms with E-state index in [0.29, 0.717) is 37.8 Å². The van der Waals surface area contributed by atoms with E-state index in [9.17, 15) is 4.79 Å². The second kappa shape index (κ2) is 9.11. The first-order valence-corrected chi connectivity index (χ1v) is 9.34. The zero-order valence-electron chi connectivity index (χ0n) is 14.7. The van der Waals surface area contributed by atoms with Gasteiger partial charge in [0.25, 0.3) is 5.91 Å². The number of methoxy groups -OCH3 is 1. The lowest BCUT2D eigenvalue weighted by molar-refractivity contribution is 0.102. The molecule has 7 heteroatoms. The molecule has 0 saturated heterocycles. The average Bonchev–Trinajstić information content (AvgIpc) is 2.66. The van der Waals surface area contributed by atoms with Gasteiger partial charge < -0.3 is 10.1 Å². The molecule has 0 saturated carbocycles. The van der Waals surface area contributed by atoms with Crippen molar-refractivity contribution in [1.29, 1.82) is 0 Å². The highest BCUT2D eigenvalue weighted by atomic mass is 35.5. The van der Waals surface area contributed by atoms with Gasteiger partial charge in [-0.1, -0.05) is 46.9 Å². The number of hydrogen-bond donors (Lipinski definition) is 1. The maximum Gasteiger partial charge on any atom is 0.257 e. The highest BCUT2D eigenvalue weighted by Crippen LogP contribution is 2.28. The number of benzene rings is 3. The van der Waals surface area contributed by atoms with E-state index in [4.69, 9.17) is 39.5 Å². The van der Waals surface area contributed by atoms with Gasteiger partial charge in [0.15, 0.2) is 0 Å². The van der Waals surface area contributed by atoms with Crippen molar-refractivity contribution in [2.45, 2.75) is 0 Å². The van der Waals surface area contributed by atoms with Crippen molar-refractivity contribution < 1.29 is 9.53 Å². The summed E-state index contributed by atoms with van der Waals surface area (Å²) >= 11 is 18.1. The molecule has 3 rings (SSSR count). The third-order valence-electron chi connectivity index (χ3n) is 3.82. The number of aliphatic imine (C=N–C) groups is 1. The molecule has 3 aromatic carbocycles. The van der Waals surface area contributed by atoms with Crippen molar-refractivity contribution in [3.8, 4) is 5.75 Å². The first-order valence-electron chi connectivity index (χ1n) is 8.20. The Bertz CT molecular complexity index is 1050. The molecule has 0 aromatic heterocycles. The van der Waals surface area contributed by atoms with E-state index in [1.165, 1.54) is 6.07 Å². The fourth-order valence-electron chi connectivity index (χ4n) is 2.45. The van der Waals surface area contributed by atoms with Crippen LogP contribution in [0.1, 0.15) is 15.9 Å². The first-order chi connectivity index (χ1) is 13.5. The van der Waals surface area contributed by atoms with Crippen LogP contribution in [0.15, 0.2) is 65.7 Å². The number of carbonyl (C=O) groups excluding carboxylic acids is 1. The van der Waals surface area contributed by atoms with Gasteiger partial charge >= 0.3 is 0 Å². The summed E-state index contributed by atoms with van der Waals surface area (Å²) in [5, 5.41) is 4.06. The molecule has 0 aliphatic heterocycles. The number of halogens is 3. The fourth-order valence-corrected chi connectivity index (χ4v) is 3.20. The molecule has 0 bridgehead atoms. The SMILES string of the molecule is COc1ccc(N=Cc2cccc(NC(=O)c3ccc(Cl)cc3Cl)c2)cc1Cl. The quantitative estimate of drug-likeness (QED) is 0.457. The molecule has 4 nitrogen and oxygen atoms in total. The molecule has 0 aliphatic carbocycles. The predicted octanol–water partition coefficient (Wildman–Crippen LogP) is 6.66. The van der Waals surface area contributed by atoms with Crippen molar-refractivity contribution in [2.24, 2.45) is 4.99 Å². The van der Waals surface area contributed by atoms with Crippen LogP contribution in [-0.4, -0.2) is 19.2 Å². The summed E-state index contributed by atoms with van der Waals surface area (Å²) in [6.45, 7) is 0. The summed E-state index contributed by atoms with van der Waals surface area (Å²) < 4.78 is 5.13. The summed E-state index contributed by atoms with van der Waals surface area (Å²) in [5.41, 5.74) is 2.46. The van der Waals surface area contributed by atoms with Gasteiger partial charge in [-0.15, -0.1) is 0 Å². The minimum atomic E-state index is -0.322. The lowest BCUT2D eigenvalue weighted by atomic mass is 10.2. The number of ether oxygens (including phenoxy) is 1. The third kappa shape index (κ3) is 5.04. The Hall–Kier alpha value is -2.53. The van der Waals surface area contributed by atoms with Crippen LogP contribution >= 0.6 is 34.8 Å². The minimum absolute atomic E-state index is 0.291. The molecule has 0 radical (unpaired) electrons. The van der Waals surface area contributed by atoms with Crippen molar-refractivity contribution in [3.63, 3.8) is 0 Å². The smallest absolute Gasteiger partial charge is 0.257 e. The Labute approximate surface area is 177 Å². The highest BCUT2D eigenvalue weighted by molar-refractivity contribution is 6.37. The van der Waals surface area contributed by atoms with E-state index >= 15 is 0 Å². The van der Waals surface area contributed by atoms with E-state index < -0.39 is 0 Å². The second-order valence-corrected chi connectivity index (χ2v) is 7.03. The number of nitrogens with zero attached hydrogens (tertiary/aromatic N) is 1. The van der Waals surface area contributed by atoms with Gasteiger partial charge in [0.2, 0.25) is 0 Å². The minimum Gasteiger partial charge on any atom is -0.495 e. The van der Waals surface area contributed by atoms with Crippen molar-refractivity contribution in [3.05, 3.63) is 86.9 Å². The molecular formula is C21H15Cl3N2O2. The monoisotopic (exact) mass is 432 g/mol. The predicted molar refractivity (Wildman–Crippen MR) is 116 cm³/mol. The molecule has 0 atom stereocenters. The second-order valence-electron chi connectivity index (χ2n) is 5.78. The van der Waals surface area contributed by atoms with Crippen LogP contribution < -0.4 is 10.1 Å². The number of nitrogens with one attached hydrogen (secondary N) is 1. The van der Waals surface area contributed by atoms with Gasteiger partial charge in [0.05, 0.1) is 28.4 Å². The molecule has 0 spiro atoms. The zero-order chi connectivity index (χ0) is 20.1. The van der Waals surface area contributed by atoms with E-state index in [2.05, 4.69) is 10.3 Å². The number of hydrogen-bond acceptors (Lipinski definition) is 3. The van der Waals surface area contributed by atoms with Crippen LogP contribution in [0.5, 0.6) is 5.75 Å². The lowest BCUT2D eigenvalue weighted by Gasteiger charge is -2.08. The normalized spacial score (nSPS) is 10.9. The van der Waals surface area contributed by atoms with Gasteiger partial charge in [-0.2, -0.15) is 0 Å². The van der Waals surface area contributed by atoms with Crippen LogP contribution in [0.4, 0.5) is 11.4 Å². The third-order valence-corrected chi connectivity index (χ3v) is 4.66. The van der Waals surface area contributed by atoms with Gasteiger partial charge in [0, 0.05) is 16.9 Å².